The second-order valence-corrected chi connectivity index (χ2v) is 7.04. The molecule has 8 heteroatoms. The molecule has 2 heterocycles. The molecule has 0 radical (unpaired) electrons. The number of sulfonamides is 1. The van der Waals surface area contributed by atoms with Gasteiger partial charge in [0.1, 0.15) is 5.82 Å². The highest BCUT2D eigenvalue weighted by atomic mass is 35.5. The van der Waals surface area contributed by atoms with E-state index in [0.717, 1.165) is 31.6 Å². The van der Waals surface area contributed by atoms with Gasteiger partial charge in [0, 0.05) is 18.8 Å². The summed E-state index contributed by atoms with van der Waals surface area (Å²) in [5, 5.41) is 8.30. The minimum atomic E-state index is -3.36. The molecule has 0 saturated carbocycles. The summed E-state index contributed by atoms with van der Waals surface area (Å²) < 4.78 is 28.1. The first kappa shape index (κ1) is 14.7. The summed E-state index contributed by atoms with van der Waals surface area (Å²) in [6.45, 7) is 2.65. The van der Waals surface area contributed by atoms with Gasteiger partial charge in [-0.3, -0.25) is 0 Å². The Morgan fingerprint density at radius 3 is 2.89 bits per heavy atom. The number of hydrogen-bond donors (Lipinski definition) is 1. The van der Waals surface area contributed by atoms with Crippen molar-refractivity contribution in [2.24, 2.45) is 0 Å². The normalized spacial score (nSPS) is 17.8. The maximum Gasteiger partial charge on any atom is 0.213 e. The molecule has 1 aromatic heterocycles. The van der Waals surface area contributed by atoms with Gasteiger partial charge in [0.05, 0.1) is 11.8 Å². The molecule has 0 fully saturated rings. The third-order valence-electron chi connectivity index (χ3n) is 3.23. The summed E-state index contributed by atoms with van der Waals surface area (Å²) in [7, 11) is -3.36. The zero-order chi connectivity index (χ0) is 13.9. The molecule has 1 aromatic rings. The summed E-state index contributed by atoms with van der Waals surface area (Å²) in [5.41, 5.74) is 0. The lowest BCUT2D eigenvalue weighted by molar-refractivity contribution is 0.535. The van der Waals surface area contributed by atoms with Gasteiger partial charge < -0.3 is 4.57 Å². The largest absolute Gasteiger partial charge is 0.314 e. The summed E-state index contributed by atoms with van der Waals surface area (Å²) >= 11 is 5.48. The number of alkyl halides is 1. The molecule has 1 N–H and O–H groups in total. The van der Waals surface area contributed by atoms with Crippen LogP contribution in [0, 0.1) is 0 Å². The molecule has 0 aliphatic carbocycles. The lowest BCUT2D eigenvalue weighted by Gasteiger charge is -2.15. The van der Waals surface area contributed by atoms with Gasteiger partial charge in [-0.25, -0.2) is 13.1 Å². The molecule has 0 saturated heterocycles. The zero-order valence-corrected chi connectivity index (χ0v) is 12.5. The van der Waals surface area contributed by atoms with Gasteiger partial charge in [-0.15, -0.1) is 21.8 Å². The Bertz CT molecular complexity index is 529. The van der Waals surface area contributed by atoms with E-state index in [4.69, 9.17) is 11.6 Å². The number of rotatable bonds is 5. The van der Waals surface area contributed by atoms with Crippen LogP contribution in [0.1, 0.15) is 43.9 Å². The number of fused-ring (bicyclic) bond motifs is 1. The fourth-order valence-corrected chi connectivity index (χ4v) is 3.88. The molecule has 1 atom stereocenters. The smallest absolute Gasteiger partial charge is 0.213 e. The van der Waals surface area contributed by atoms with Crippen LogP contribution in [0.5, 0.6) is 0 Å². The fraction of sp³-hybridized carbons (Fsp3) is 0.818. The van der Waals surface area contributed by atoms with E-state index in [1.165, 1.54) is 6.42 Å². The van der Waals surface area contributed by atoms with Crippen molar-refractivity contribution in [2.45, 2.75) is 45.2 Å². The van der Waals surface area contributed by atoms with Crippen molar-refractivity contribution in [2.75, 3.05) is 11.6 Å². The second kappa shape index (κ2) is 6.19. The maximum atomic E-state index is 11.7. The van der Waals surface area contributed by atoms with Crippen LogP contribution in [0.15, 0.2) is 0 Å². The molecule has 0 spiro atoms. The average Bonchev–Trinajstić information content (AvgIpc) is 2.58. The fourth-order valence-electron chi connectivity index (χ4n) is 2.31. The third kappa shape index (κ3) is 3.67. The van der Waals surface area contributed by atoms with Crippen LogP contribution in [0.4, 0.5) is 0 Å². The molecule has 0 amide bonds. The lowest BCUT2D eigenvalue weighted by atomic mass is 10.2. The number of nitrogens with one attached hydrogen (secondary N) is 1. The minimum absolute atomic E-state index is 0.0833. The molecule has 19 heavy (non-hydrogen) atoms. The molecule has 1 unspecified atom stereocenters. The van der Waals surface area contributed by atoms with Crippen LogP contribution in [-0.2, 0) is 23.0 Å². The standard InChI is InChI=1S/C11H19ClN4O2S/c1-9(15-19(17,18)8-6-12)11-14-13-10-5-3-2-4-7-16(10)11/h9,15H,2-8H2,1H3. The van der Waals surface area contributed by atoms with Gasteiger partial charge in [-0.2, -0.15) is 0 Å². The highest BCUT2D eigenvalue weighted by Gasteiger charge is 2.22. The van der Waals surface area contributed by atoms with E-state index in [-0.39, 0.29) is 17.7 Å². The maximum absolute atomic E-state index is 11.7. The SMILES string of the molecule is CC(NS(=O)(=O)CCCl)c1nnc2n1CCCCC2. The monoisotopic (exact) mass is 306 g/mol. The summed E-state index contributed by atoms with van der Waals surface area (Å²) in [4.78, 5) is 0. The number of hydrogen-bond acceptors (Lipinski definition) is 4. The average molecular weight is 307 g/mol. The highest BCUT2D eigenvalue weighted by Crippen LogP contribution is 2.19. The Morgan fingerprint density at radius 1 is 1.37 bits per heavy atom. The molecule has 0 bridgehead atoms. The second-order valence-electron chi connectivity index (χ2n) is 4.78. The van der Waals surface area contributed by atoms with Gasteiger partial charge in [-0.05, 0) is 19.8 Å². The zero-order valence-electron chi connectivity index (χ0n) is 11.0. The van der Waals surface area contributed by atoms with E-state index in [1.54, 1.807) is 6.92 Å². The lowest BCUT2D eigenvalue weighted by Crippen LogP contribution is -2.31. The first-order valence-corrected chi connectivity index (χ1v) is 8.70. The number of aryl methyl sites for hydroxylation is 1. The van der Waals surface area contributed by atoms with E-state index in [1.807, 2.05) is 4.57 Å². The van der Waals surface area contributed by atoms with Crippen molar-refractivity contribution in [1.29, 1.82) is 0 Å². The minimum Gasteiger partial charge on any atom is -0.314 e. The van der Waals surface area contributed by atoms with Gasteiger partial charge in [-0.1, -0.05) is 6.42 Å². The predicted molar refractivity (Wildman–Crippen MR) is 73.6 cm³/mol. The predicted octanol–water partition coefficient (Wildman–Crippen LogP) is 1.22. The van der Waals surface area contributed by atoms with Crippen LogP contribution in [-0.4, -0.2) is 34.8 Å². The van der Waals surface area contributed by atoms with Crippen molar-refractivity contribution in [3.63, 3.8) is 0 Å². The third-order valence-corrected chi connectivity index (χ3v) is 5.09. The quantitative estimate of drug-likeness (QED) is 0.830. The van der Waals surface area contributed by atoms with Crippen LogP contribution in [0.3, 0.4) is 0 Å². The molecular weight excluding hydrogens is 288 g/mol. The summed E-state index contributed by atoms with van der Waals surface area (Å²) in [6, 6.07) is -0.382. The topological polar surface area (TPSA) is 76.9 Å². The van der Waals surface area contributed by atoms with Gasteiger partial charge in [0.15, 0.2) is 5.82 Å². The van der Waals surface area contributed by atoms with E-state index in [2.05, 4.69) is 14.9 Å². The first-order valence-electron chi connectivity index (χ1n) is 6.51. The number of aromatic nitrogens is 3. The van der Waals surface area contributed by atoms with Crippen molar-refractivity contribution in [3.8, 4) is 0 Å². The molecule has 108 valence electrons. The number of nitrogens with zero attached hydrogens (tertiary/aromatic N) is 3. The summed E-state index contributed by atoms with van der Waals surface area (Å²) in [6.07, 6.45) is 4.28. The highest BCUT2D eigenvalue weighted by molar-refractivity contribution is 7.89. The van der Waals surface area contributed by atoms with Crippen molar-refractivity contribution < 1.29 is 8.42 Å². The Hall–Kier alpha value is -0.660. The molecule has 6 nitrogen and oxygen atoms in total. The van der Waals surface area contributed by atoms with Crippen LogP contribution in [0.25, 0.3) is 0 Å². The van der Waals surface area contributed by atoms with E-state index >= 15 is 0 Å². The van der Waals surface area contributed by atoms with Gasteiger partial charge in [0.2, 0.25) is 10.0 Å². The van der Waals surface area contributed by atoms with Crippen LogP contribution >= 0.6 is 11.6 Å². The molecule has 1 aliphatic rings. The van der Waals surface area contributed by atoms with E-state index in [9.17, 15) is 8.42 Å². The molecule has 0 aromatic carbocycles. The molecule has 2 rings (SSSR count). The van der Waals surface area contributed by atoms with Crippen LogP contribution < -0.4 is 4.72 Å². The van der Waals surface area contributed by atoms with E-state index in [0.29, 0.717) is 5.82 Å². The van der Waals surface area contributed by atoms with Gasteiger partial charge in [0.25, 0.3) is 0 Å². The Balaban J connectivity index is 2.16. The number of halogens is 1. The summed E-state index contributed by atoms with van der Waals surface area (Å²) in [5.74, 6) is 1.64. The van der Waals surface area contributed by atoms with E-state index < -0.39 is 10.0 Å². The Labute approximate surface area is 118 Å². The molecular formula is C11H19ClN4O2S. The van der Waals surface area contributed by atoms with Crippen LogP contribution in [0.2, 0.25) is 0 Å². The van der Waals surface area contributed by atoms with Crippen molar-refractivity contribution in [1.82, 2.24) is 19.5 Å². The molecule has 1 aliphatic heterocycles. The Morgan fingerprint density at radius 2 is 2.16 bits per heavy atom. The van der Waals surface area contributed by atoms with Crippen molar-refractivity contribution in [3.05, 3.63) is 11.6 Å². The van der Waals surface area contributed by atoms with Gasteiger partial charge >= 0.3 is 0 Å². The van der Waals surface area contributed by atoms with Crippen molar-refractivity contribution >= 4 is 21.6 Å². The Kier molecular flexibility index (Phi) is 4.81. The first-order chi connectivity index (χ1) is 9.03.